The lowest BCUT2D eigenvalue weighted by atomic mass is 10.0. The number of pyridine rings is 1. The Morgan fingerprint density at radius 2 is 1.96 bits per heavy atom. The van der Waals surface area contributed by atoms with Gasteiger partial charge in [-0.25, -0.2) is 13.2 Å². The predicted octanol–water partition coefficient (Wildman–Crippen LogP) is 2.18. The van der Waals surface area contributed by atoms with Crippen LogP contribution in [0.25, 0.3) is 11.1 Å². The van der Waals surface area contributed by atoms with Gasteiger partial charge in [0.05, 0.1) is 27.8 Å². The SMILES string of the molecule is Cc1nc(C)c(S(C)(=O)=O)c(-c2cccc([N+](=O)[O-])c2)c1OC(=O)OCCO. The number of nitrogens with zero attached hydrogens (tertiary/aromatic N) is 2. The summed E-state index contributed by atoms with van der Waals surface area (Å²) in [6.07, 6.45) is -0.213. The maximum absolute atomic E-state index is 12.4. The Balaban J connectivity index is 2.80. The van der Waals surface area contributed by atoms with Crippen molar-refractivity contribution in [1.82, 2.24) is 4.98 Å². The van der Waals surface area contributed by atoms with E-state index in [4.69, 9.17) is 9.84 Å². The summed E-state index contributed by atoms with van der Waals surface area (Å²) in [7, 11) is -3.84. The molecule has 0 aliphatic carbocycles. The van der Waals surface area contributed by atoms with E-state index >= 15 is 0 Å². The van der Waals surface area contributed by atoms with Crippen molar-refractivity contribution in [2.45, 2.75) is 18.7 Å². The molecular weight excluding hydrogens is 392 g/mol. The molecule has 28 heavy (non-hydrogen) atoms. The number of hydrogen-bond donors (Lipinski definition) is 1. The largest absolute Gasteiger partial charge is 0.514 e. The van der Waals surface area contributed by atoms with E-state index in [1.54, 1.807) is 0 Å². The number of aromatic nitrogens is 1. The first-order valence-electron chi connectivity index (χ1n) is 7.97. The number of rotatable bonds is 6. The molecule has 0 fully saturated rings. The first kappa shape index (κ1) is 21.3. The molecule has 150 valence electrons. The van der Waals surface area contributed by atoms with Crippen LogP contribution in [-0.2, 0) is 14.6 Å². The zero-order valence-corrected chi connectivity index (χ0v) is 16.1. The van der Waals surface area contributed by atoms with Gasteiger partial charge in [0, 0.05) is 24.0 Å². The maximum atomic E-state index is 12.4. The van der Waals surface area contributed by atoms with Gasteiger partial charge >= 0.3 is 6.16 Å². The van der Waals surface area contributed by atoms with E-state index in [0.717, 1.165) is 6.26 Å². The molecule has 0 aliphatic heterocycles. The average molecular weight is 410 g/mol. The Bertz CT molecular complexity index is 1030. The molecule has 2 aromatic rings. The van der Waals surface area contributed by atoms with Gasteiger partial charge in [-0.05, 0) is 19.4 Å². The molecule has 0 amide bonds. The van der Waals surface area contributed by atoms with Crippen LogP contribution >= 0.6 is 0 Å². The van der Waals surface area contributed by atoms with Crippen LogP contribution < -0.4 is 4.74 Å². The van der Waals surface area contributed by atoms with Crippen LogP contribution in [0.2, 0.25) is 0 Å². The monoisotopic (exact) mass is 410 g/mol. The summed E-state index contributed by atoms with van der Waals surface area (Å²) in [5, 5.41) is 19.9. The molecule has 0 atom stereocenters. The first-order valence-corrected chi connectivity index (χ1v) is 9.87. The van der Waals surface area contributed by atoms with Crippen molar-refractivity contribution in [3.8, 4) is 16.9 Å². The third kappa shape index (κ3) is 4.61. The minimum absolute atomic E-state index is 0.0304. The minimum atomic E-state index is -3.84. The third-order valence-electron chi connectivity index (χ3n) is 3.66. The molecule has 10 nitrogen and oxygen atoms in total. The molecule has 1 heterocycles. The smallest absolute Gasteiger partial charge is 0.432 e. The molecule has 0 unspecified atom stereocenters. The van der Waals surface area contributed by atoms with Gasteiger partial charge in [0.2, 0.25) is 0 Å². The Morgan fingerprint density at radius 1 is 1.29 bits per heavy atom. The number of aliphatic hydroxyl groups is 1. The van der Waals surface area contributed by atoms with E-state index in [1.807, 2.05) is 0 Å². The second-order valence-corrected chi connectivity index (χ2v) is 7.77. The fourth-order valence-electron chi connectivity index (χ4n) is 2.68. The number of non-ortho nitro benzene ring substituents is 1. The number of aliphatic hydroxyl groups excluding tert-OH is 1. The van der Waals surface area contributed by atoms with Crippen LogP contribution in [0.3, 0.4) is 0 Å². The number of carbonyl (C=O) groups excluding carboxylic acids is 1. The predicted molar refractivity (Wildman–Crippen MR) is 98.0 cm³/mol. The summed E-state index contributed by atoms with van der Waals surface area (Å²) in [4.78, 5) is 26.3. The number of sulfone groups is 1. The molecule has 1 aromatic heterocycles. The summed E-state index contributed by atoms with van der Waals surface area (Å²) in [5.41, 5.74) is 0.202. The second kappa shape index (κ2) is 8.31. The van der Waals surface area contributed by atoms with Crippen molar-refractivity contribution in [1.29, 1.82) is 0 Å². The quantitative estimate of drug-likeness (QED) is 0.430. The molecule has 1 aromatic carbocycles. The van der Waals surface area contributed by atoms with Gasteiger partial charge in [0.15, 0.2) is 15.6 Å². The number of ether oxygens (including phenoxy) is 2. The van der Waals surface area contributed by atoms with Crippen molar-refractivity contribution in [2.75, 3.05) is 19.5 Å². The lowest BCUT2D eigenvalue weighted by molar-refractivity contribution is -0.384. The number of carbonyl (C=O) groups is 1. The lowest BCUT2D eigenvalue weighted by Gasteiger charge is -2.17. The minimum Gasteiger partial charge on any atom is -0.432 e. The number of nitro benzene ring substituents is 1. The molecular formula is C17H18N2O8S. The molecule has 1 N–H and O–H groups in total. The van der Waals surface area contributed by atoms with Crippen molar-refractivity contribution in [3.05, 3.63) is 45.8 Å². The summed E-state index contributed by atoms with van der Waals surface area (Å²) < 4.78 is 34.6. The molecule has 0 saturated carbocycles. The van der Waals surface area contributed by atoms with E-state index < -0.39 is 27.5 Å². The van der Waals surface area contributed by atoms with Crippen LogP contribution in [0.1, 0.15) is 11.4 Å². The Kier molecular flexibility index (Phi) is 6.31. The van der Waals surface area contributed by atoms with Gasteiger partial charge in [-0.3, -0.25) is 15.1 Å². The normalized spacial score (nSPS) is 11.1. The van der Waals surface area contributed by atoms with E-state index in [1.165, 1.54) is 38.1 Å². The molecule has 0 spiro atoms. The molecule has 2 rings (SSSR count). The third-order valence-corrected chi connectivity index (χ3v) is 4.90. The lowest BCUT2D eigenvalue weighted by Crippen LogP contribution is -2.16. The van der Waals surface area contributed by atoms with Gasteiger partial charge in [-0.15, -0.1) is 0 Å². The van der Waals surface area contributed by atoms with Crippen LogP contribution in [-0.4, -0.2) is 49.1 Å². The molecule has 0 aliphatic rings. The van der Waals surface area contributed by atoms with Gasteiger partial charge < -0.3 is 14.6 Å². The molecule has 11 heteroatoms. The molecule has 0 saturated heterocycles. The van der Waals surface area contributed by atoms with Crippen molar-refractivity contribution >= 4 is 21.7 Å². The average Bonchev–Trinajstić information content (AvgIpc) is 2.60. The van der Waals surface area contributed by atoms with E-state index in [2.05, 4.69) is 9.72 Å². The molecule has 0 radical (unpaired) electrons. The van der Waals surface area contributed by atoms with E-state index in [9.17, 15) is 23.3 Å². The standard InChI is InChI=1S/C17H18N2O8S/c1-10-15(27-17(21)26-8-7-20)14(16(11(2)18-10)28(3,24)25)12-5-4-6-13(9-12)19(22)23/h4-6,9,20H,7-8H2,1-3H3. The summed E-state index contributed by atoms with van der Waals surface area (Å²) in [6, 6.07) is 5.27. The van der Waals surface area contributed by atoms with Crippen LogP contribution in [0.5, 0.6) is 5.75 Å². The van der Waals surface area contributed by atoms with Gasteiger partial charge in [-0.1, -0.05) is 12.1 Å². The highest BCUT2D eigenvalue weighted by atomic mass is 32.2. The number of hydrogen-bond acceptors (Lipinski definition) is 9. The zero-order chi connectivity index (χ0) is 21.1. The summed E-state index contributed by atoms with van der Waals surface area (Å²) in [5.74, 6) is -0.200. The highest BCUT2D eigenvalue weighted by Crippen LogP contribution is 2.40. The highest BCUT2D eigenvalue weighted by Gasteiger charge is 2.27. The maximum Gasteiger partial charge on any atom is 0.514 e. The summed E-state index contributed by atoms with van der Waals surface area (Å²) in [6.45, 7) is 2.22. The summed E-state index contributed by atoms with van der Waals surface area (Å²) >= 11 is 0. The number of nitro groups is 1. The Hall–Kier alpha value is -3.05. The van der Waals surface area contributed by atoms with Gasteiger partial charge in [-0.2, -0.15) is 0 Å². The second-order valence-electron chi connectivity index (χ2n) is 5.82. The number of benzene rings is 1. The van der Waals surface area contributed by atoms with Crippen molar-refractivity contribution in [2.24, 2.45) is 0 Å². The Morgan fingerprint density at radius 3 is 2.54 bits per heavy atom. The highest BCUT2D eigenvalue weighted by molar-refractivity contribution is 7.90. The topological polar surface area (TPSA) is 146 Å². The van der Waals surface area contributed by atoms with Gasteiger partial charge in [0.1, 0.15) is 6.61 Å². The fourth-order valence-corrected chi connectivity index (χ4v) is 3.84. The van der Waals surface area contributed by atoms with Crippen LogP contribution in [0.4, 0.5) is 10.5 Å². The van der Waals surface area contributed by atoms with Crippen LogP contribution in [0, 0.1) is 24.0 Å². The molecule has 0 bridgehead atoms. The van der Waals surface area contributed by atoms with E-state index in [-0.39, 0.29) is 45.5 Å². The van der Waals surface area contributed by atoms with Crippen LogP contribution in [0.15, 0.2) is 29.2 Å². The zero-order valence-electron chi connectivity index (χ0n) is 15.3. The Labute approximate surface area is 160 Å². The van der Waals surface area contributed by atoms with Crippen molar-refractivity contribution in [3.63, 3.8) is 0 Å². The first-order chi connectivity index (χ1) is 13.1. The van der Waals surface area contributed by atoms with Crippen molar-refractivity contribution < 1.29 is 32.7 Å². The fraction of sp³-hybridized carbons (Fsp3) is 0.294. The van der Waals surface area contributed by atoms with E-state index in [0.29, 0.717) is 0 Å². The van der Waals surface area contributed by atoms with Gasteiger partial charge in [0.25, 0.3) is 5.69 Å². The number of aryl methyl sites for hydroxylation is 2.